The fraction of sp³-hybridized carbons (Fsp3) is 0.308. The number of furan rings is 1. The van der Waals surface area contributed by atoms with Gasteiger partial charge in [0.1, 0.15) is 5.76 Å². The first-order chi connectivity index (χ1) is 8.20. The summed E-state index contributed by atoms with van der Waals surface area (Å²) in [5, 5.41) is 0. The first kappa shape index (κ1) is 12.2. The molecule has 0 saturated carbocycles. The lowest BCUT2D eigenvalue weighted by Crippen LogP contribution is -2.04. The van der Waals surface area contributed by atoms with Gasteiger partial charge in [-0.1, -0.05) is 0 Å². The zero-order valence-electron chi connectivity index (χ0n) is 10.1. The summed E-state index contributed by atoms with van der Waals surface area (Å²) in [4.78, 5) is 5.64. The monoisotopic (exact) mass is 248 g/mol. The van der Waals surface area contributed by atoms with E-state index >= 15 is 0 Å². The van der Waals surface area contributed by atoms with Crippen molar-refractivity contribution in [2.75, 3.05) is 0 Å². The summed E-state index contributed by atoms with van der Waals surface area (Å²) >= 11 is 1.74. The van der Waals surface area contributed by atoms with Crippen LogP contribution in [0, 0.1) is 13.8 Å². The Hall–Kier alpha value is -1.26. The van der Waals surface area contributed by atoms with Gasteiger partial charge in [-0.05, 0) is 32.0 Å². The summed E-state index contributed by atoms with van der Waals surface area (Å²) in [6.45, 7) is 4.54. The average molecular weight is 248 g/mol. The highest BCUT2D eigenvalue weighted by Crippen LogP contribution is 2.28. The van der Waals surface area contributed by atoms with E-state index in [0.29, 0.717) is 6.54 Å². The van der Waals surface area contributed by atoms with Crippen LogP contribution in [0.3, 0.4) is 0 Å². The van der Waals surface area contributed by atoms with Crippen LogP contribution in [-0.2, 0) is 12.3 Å². The maximum absolute atomic E-state index is 5.77. The number of hydrogen-bond acceptors (Lipinski definition) is 4. The van der Waals surface area contributed by atoms with Crippen LogP contribution >= 0.6 is 11.8 Å². The van der Waals surface area contributed by atoms with E-state index in [1.165, 1.54) is 4.90 Å². The molecule has 0 aromatic carbocycles. The summed E-state index contributed by atoms with van der Waals surface area (Å²) in [5.41, 5.74) is 8.96. The predicted molar refractivity (Wildman–Crippen MR) is 69.9 cm³/mol. The molecule has 0 aliphatic rings. The molecule has 0 radical (unpaired) electrons. The molecule has 2 aromatic rings. The minimum absolute atomic E-state index is 0.527. The minimum Gasteiger partial charge on any atom is -0.468 e. The highest BCUT2D eigenvalue weighted by Gasteiger charge is 2.08. The van der Waals surface area contributed by atoms with Crippen LogP contribution in [0.25, 0.3) is 0 Å². The molecule has 0 bridgehead atoms. The van der Waals surface area contributed by atoms with Crippen molar-refractivity contribution in [1.29, 1.82) is 0 Å². The third-order valence-corrected chi connectivity index (χ3v) is 3.68. The molecular formula is C13H16N2OS. The second-order valence-electron chi connectivity index (χ2n) is 3.90. The Morgan fingerprint density at radius 1 is 1.41 bits per heavy atom. The Morgan fingerprint density at radius 2 is 2.24 bits per heavy atom. The van der Waals surface area contributed by atoms with Crippen molar-refractivity contribution < 1.29 is 4.42 Å². The lowest BCUT2D eigenvalue weighted by Gasteiger charge is -2.10. The molecule has 0 atom stereocenters. The van der Waals surface area contributed by atoms with Gasteiger partial charge in [-0.3, -0.25) is 4.98 Å². The minimum atomic E-state index is 0.527. The van der Waals surface area contributed by atoms with Crippen molar-refractivity contribution >= 4 is 11.8 Å². The normalized spacial score (nSPS) is 10.8. The van der Waals surface area contributed by atoms with E-state index in [1.807, 2.05) is 26.0 Å². The maximum atomic E-state index is 5.77. The van der Waals surface area contributed by atoms with Gasteiger partial charge in [0, 0.05) is 28.4 Å². The van der Waals surface area contributed by atoms with Gasteiger partial charge in [0.2, 0.25) is 0 Å². The smallest absolute Gasteiger partial charge is 0.113 e. The molecule has 0 aliphatic carbocycles. The van der Waals surface area contributed by atoms with E-state index < -0.39 is 0 Å². The van der Waals surface area contributed by atoms with Crippen molar-refractivity contribution in [2.24, 2.45) is 5.73 Å². The molecular weight excluding hydrogens is 232 g/mol. The SMILES string of the molecule is Cc1cc(SCc2ccco2)c(CN)c(C)n1. The number of nitrogens with two attached hydrogens (primary N) is 1. The number of hydrogen-bond donors (Lipinski definition) is 1. The topological polar surface area (TPSA) is 52.0 Å². The molecule has 2 rings (SSSR count). The maximum Gasteiger partial charge on any atom is 0.113 e. The van der Waals surface area contributed by atoms with Crippen molar-refractivity contribution in [2.45, 2.75) is 31.0 Å². The molecule has 0 aliphatic heterocycles. The lowest BCUT2D eigenvalue weighted by molar-refractivity contribution is 0.530. The first-order valence-corrected chi connectivity index (χ1v) is 6.51. The summed E-state index contributed by atoms with van der Waals surface area (Å²) in [5.74, 6) is 1.80. The number of rotatable bonds is 4. The largest absolute Gasteiger partial charge is 0.468 e. The van der Waals surface area contributed by atoms with Crippen LogP contribution in [0.5, 0.6) is 0 Å². The second kappa shape index (κ2) is 5.38. The molecule has 2 heterocycles. The van der Waals surface area contributed by atoms with Gasteiger partial charge in [0.25, 0.3) is 0 Å². The van der Waals surface area contributed by atoms with Gasteiger partial charge < -0.3 is 10.2 Å². The zero-order valence-corrected chi connectivity index (χ0v) is 10.9. The fourth-order valence-electron chi connectivity index (χ4n) is 1.74. The molecule has 0 amide bonds. The predicted octanol–water partition coefficient (Wildman–Crippen LogP) is 3.04. The van der Waals surface area contributed by atoms with Crippen LogP contribution in [0.15, 0.2) is 33.8 Å². The Morgan fingerprint density at radius 3 is 2.88 bits per heavy atom. The lowest BCUT2D eigenvalue weighted by atomic mass is 10.2. The van der Waals surface area contributed by atoms with Gasteiger partial charge >= 0.3 is 0 Å². The Bertz CT molecular complexity index is 494. The van der Waals surface area contributed by atoms with E-state index in [0.717, 1.165) is 28.5 Å². The van der Waals surface area contributed by atoms with E-state index in [-0.39, 0.29) is 0 Å². The Labute approximate surface area is 105 Å². The van der Waals surface area contributed by atoms with Gasteiger partial charge in [0.05, 0.1) is 12.0 Å². The van der Waals surface area contributed by atoms with Gasteiger partial charge in [-0.25, -0.2) is 0 Å². The molecule has 0 saturated heterocycles. The summed E-state index contributed by atoms with van der Waals surface area (Å²) in [6.07, 6.45) is 1.70. The fourth-order valence-corrected chi connectivity index (χ4v) is 2.86. The third kappa shape index (κ3) is 2.90. The highest BCUT2D eigenvalue weighted by molar-refractivity contribution is 7.98. The zero-order chi connectivity index (χ0) is 12.3. The summed E-state index contributed by atoms with van der Waals surface area (Å²) in [6, 6.07) is 5.97. The van der Waals surface area contributed by atoms with Gasteiger partial charge in [0.15, 0.2) is 0 Å². The summed E-state index contributed by atoms with van der Waals surface area (Å²) < 4.78 is 5.32. The molecule has 17 heavy (non-hydrogen) atoms. The number of thioether (sulfide) groups is 1. The molecule has 3 nitrogen and oxygen atoms in total. The molecule has 0 fully saturated rings. The van der Waals surface area contributed by atoms with Gasteiger partial charge in [-0.2, -0.15) is 0 Å². The Kier molecular flexibility index (Phi) is 3.86. The molecule has 2 N–H and O–H groups in total. The van der Waals surface area contributed by atoms with Crippen molar-refractivity contribution in [3.63, 3.8) is 0 Å². The number of aryl methyl sites for hydroxylation is 2. The number of nitrogens with zero attached hydrogens (tertiary/aromatic N) is 1. The van der Waals surface area contributed by atoms with Crippen molar-refractivity contribution in [3.8, 4) is 0 Å². The molecule has 90 valence electrons. The second-order valence-corrected chi connectivity index (χ2v) is 4.92. The van der Waals surface area contributed by atoms with E-state index in [1.54, 1.807) is 18.0 Å². The van der Waals surface area contributed by atoms with Gasteiger partial charge in [-0.15, -0.1) is 11.8 Å². The average Bonchev–Trinajstić information content (AvgIpc) is 2.78. The van der Waals surface area contributed by atoms with Crippen LogP contribution < -0.4 is 5.73 Å². The van der Waals surface area contributed by atoms with Crippen LogP contribution in [-0.4, -0.2) is 4.98 Å². The number of pyridine rings is 1. The number of aromatic nitrogens is 1. The van der Waals surface area contributed by atoms with E-state index in [9.17, 15) is 0 Å². The molecule has 4 heteroatoms. The highest BCUT2D eigenvalue weighted by atomic mass is 32.2. The Balaban J connectivity index is 2.19. The summed E-state index contributed by atoms with van der Waals surface area (Å²) in [7, 11) is 0. The van der Waals surface area contributed by atoms with Crippen molar-refractivity contribution in [1.82, 2.24) is 4.98 Å². The van der Waals surface area contributed by atoms with Crippen LogP contribution in [0.4, 0.5) is 0 Å². The van der Waals surface area contributed by atoms with E-state index in [2.05, 4.69) is 11.1 Å². The first-order valence-electron chi connectivity index (χ1n) is 5.53. The quantitative estimate of drug-likeness (QED) is 0.845. The van der Waals surface area contributed by atoms with Crippen LogP contribution in [0.2, 0.25) is 0 Å². The van der Waals surface area contributed by atoms with Crippen molar-refractivity contribution in [3.05, 3.63) is 47.2 Å². The van der Waals surface area contributed by atoms with Crippen LogP contribution in [0.1, 0.15) is 22.7 Å². The molecule has 2 aromatic heterocycles. The standard InChI is InChI=1S/C13H16N2OS/c1-9-6-13(12(7-14)10(2)15-9)17-8-11-4-3-5-16-11/h3-6H,7-8,14H2,1-2H3. The third-order valence-electron chi connectivity index (χ3n) is 2.57. The van der Waals surface area contributed by atoms with E-state index in [4.69, 9.17) is 10.2 Å². The molecule has 0 spiro atoms. The molecule has 0 unspecified atom stereocenters.